The zero-order valence-electron chi connectivity index (χ0n) is 9.91. The molecule has 1 aromatic rings. The predicted octanol–water partition coefficient (Wildman–Crippen LogP) is 2.55. The molecule has 0 radical (unpaired) electrons. The van der Waals surface area contributed by atoms with Crippen molar-refractivity contribution in [2.75, 3.05) is 32.2 Å². The molecule has 1 saturated heterocycles. The molecule has 88 valence electrons. The SMILES string of the molecule is COc1cccc(NCN2CCCCC2)c1. The molecule has 0 saturated carbocycles. The molecule has 0 bridgehead atoms. The minimum atomic E-state index is 0.906. The lowest BCUT2D eigenvalue weighted by atomic mass is 10.1. The molecule has 0 atom stereocenters. The Bertz CT molecular complexity index is 321. The standard InChI is InChI=1S/C13H20N2O/c1-16-13-7-5-6-12(10-13)14-11-15-8-3-2-4-9-15/h5-7,10,14H,2-4,8-9,11H2,1H3. The first-order chi connectivity index (χ1) is 7.88. The third-order valence-corrected chi connectivity index (χ3v) is 3.03. The van der Waals surface area contributed by atoms with Gasteiger partial charge in [0.1, 0.15) is 5.75 Å². The van der Waals surface area contributed by atoms with Crippen LogP contribution in [-0.4, -0.2) is 31.8 Å². The molecule has 1 aliphatic rings. The monoisotopic (exact) mass is 220 g/mol. The van der Waals surface area contributed by atoms with Crippen LogP contribution in [0.5, 0.6) is 5.75 Å². The summed E-state index contributed by atoms with van der Waals surface area (Å²) in [6.45, 7) is 3.38. The number of hydrogen-bond donors (Lipinski definition) is 1. The van der Waals surface area contributed by atoms with Gasteiger partial charge in [0.2, 0.25) is 0 Å². The number of methoxy groups -OCH3 is 1. The number of piperidine rings is 1. The van der Waals surface area contributed by atoms with E-state index in [4.69, 9.17) is 4.74 Å². The number of hydrogen-bond acceptors (Lipinski definition) is 3. The number of anilines is 1. The van der Waals surface area contributed by atoms with E-state index in [0.29, 0.717) is 0 Å². The summed E-state index contributed by atoms with van der Waals surface area (Å²) in [7, 11) is 1.70. The van der Waals surface area contributed by atoms with Gasteiger partial charge >= 0.3 is 0 Å². The average Bonchev–Trinajstić information content (AvgIpc) is 2.38. The van der Waals surface area contributed by atoms with E-state index in [9.17, 15) is 0 Å². The fraction of sp³-hybridized carbons (Fsp3) is 0.538. The minimum absolute atomic E-state index is 0.906. The lowest BCUT2D eigenvalue weighted by Gasteiger charge is -2.26. The highest BCUT2D eigenvalue weighted by Gasteiger charge is 2.08. The van der Waals surface area contributed by atoms with Crippen LogP contribution in [0.15, 0.2) is 24.3 Å². The number of nitrogens with one attached hydrogen (secondary N) is 1. The summed E-state index contributed by atoms with van der Waals surface area (Å²) in [6, 6.07) is 8.08. The topological polar surface area (TPSA) is 24.5 Å². The van der Waals surface area contributed by atoms with Gasteiger partial charge in [-0.05, 0) is 38.1 Å². The maximum absolute atomic E-state index is 5.19. The van der Waals surface area contributed by atoms with Gasteiger partial charge in [0.05, 0.1) is 13.8 Å². The number of likely N-dealkylation sites (tertiary alicyclic amines) is 1. The largest absolute Gasteiger partial charge is 0.497 e. The Labute approximate surface area is 97.4 Å². The van der Waals surface area contributed by atoms with Gasteiger partial charge in [0.25, 0.3) is 0 Å². The Hall–Kier alpha value is -1.22. The normalized spacial score (nSPS) is 17.1. The second kappa shape index (κ2) is 5.75. The zero-order valence-corrected chi connectivity index (χ0v) is 9.91. The molecule has 2 rings (SSSR count). The first-order valence-electron chi connectivity index (χ1n) is 5.99. The maximum Gasteiger partial charge on any atom is 0.120 e. The molecule has 0 aliphatic carbocycles. The van der Waals surface area contributed by atoms with Crippen LogP contribution < -0.4 is 10.1 Å². The van der Waals surface area contributed by atoms with E-state index in [2.05, 4.69) is 16.3 Å². The first kappa shape index (κ1) is 11.3. The summed E-state index contributed by atoms with van der Waals surface area (Å²) in [5.41, 5.74) is 1.13. The Morgan fingerprint density at radius 3 is 2.81 bits per heavy atom. The second-order valence-electron chi connectivity index (χ2n) is 4.25. The van der Waals surface area contributed by atoms with Crippen molar-refractivity contribution in [2.45, 2.75) is 19.3 Å². The zero-order chi connectivity index (χ0) is 11.2. The van der Waals surface area contributed by atoms with Gasteiger partial charge in [-0.1, -0.05) is 12.5 Å². The molecule has 0 spiro atoms. The molecule has 0 amide bonds. The molecular weight excluding hydrogens is 200 g/mol. The molecule has 3 nitrogen and oxygen atoms in total. The average molecular weight is 220 g/mol. The van der Waals surface area contributed by atoms with Crippen molar-refractivity contribution in [3.05, 3.63) is 24.3 Å². The van der Waals surface area contributed by atoms with E-state index >= 15 is 0 Å². The van der Waals surface area contributed by atoms with Crippen LogP contribution in [0.25, 0.3) is 0 Å². The molecule has 1 fully saturated rings. The van der Waals surface area contributed by atoms with Crippen molar-refractivity contribution in [3.8, 4) is 5.75 Å². The van der Waals surface area contributed by atoms with Gasteiger partial charge < -0.3 is 10.1 Å². The molecule has 0 unspecified atom stereocenters. The first-order valence-corrected chi connectivity index (χ1v) is 5.99. The minimum Gasteiger partial charge on any atom is -0.497 e. The molecule has 16 heavy (non-hydrogen) atoms. The van der Waals surface area contributed by atoms with Gasteiger partial charge in [0, 0.05) is 11.8 Å². The number of rotatable bonds is 4. The van der Waals surface area contributed by atoms with Crippen molar-refractivity contribution in [2.24, 2.45) is 0 Å². The summed E-state index contributed by atoms with van der Waals surface area (Å²) in [6.07, 6.45) is 4.05. The van der Waals surface area contributed by atoms with Crippen molar-refractivity contribution >= 4 is 5.69 Å². The second-order valence-corrected chi connectivity index (χ2v) is 4.25. The Balaban J connectivity index is 1.83. The highest BCUT2D eigenvalue weighted by Crippen LogP contribution is 2.17. The predicted molar refractivity (Wildman–Crippen MR) is 66.9 cm³/mol. The third-order valence-electron chi connectivity index (χ3n) is 3.03. The Morgan fingerprint density at radius 1 is 1.25 bits per heavy atom. The van der Waals surface area contributed by atoms with E-state index in [-0.39, 0.29) is 0 Å². The Kier molecular flexibility index (Phi) is 4.05. The third kappa shape index (κ3) is 3.14. The van der Waals surface area contributed by atoms with Crippen molar-refractivity contribution in [3.63, 3.8) is 0 Å². The fourth-order valence-corrected chi connectivity index (χ4v) is 2.05. The summed E-state index contributed by atoms with van der Waals surface area (Å²) < 4.78 is 5.19. The Morgan fingerprint density at radius 2 is 2.06 bits per heavy atom. The van der Waals surface area contributed by atoms with Crippen molar-refractivity contribution < 1.29 is 4.74 Å². The number of benzene rings is 1. The van der Waals surface area contributed by atoms with Crippen LogP contribution in [0, 0.1) is 0 Å². The highest BCUT2D eigenvalue weighted by atomic mass is 16.5. The van der Waals surface area contributed by atoms with E-state index in [1.807, 2.05) is 18.2 Å². The van der Waals surface area contributed by atoms with E-state index in [1.54, 1.807) is 7.11 Å². The van der Waals surface area contributed by atoms with E-state index in [0.717, 1.165) is 18.1 Å². The lowest BCUT2D eigenvalue weighted by Crippen LogP contribution is -2.34. The highest BCUT2D eigenvalue weighted by molar-refractivity contribution is 5.47. The van der Waals surface area contributed by atoms with Crippen molar-refractivity contribution in [1.82, 2.24) is 4.90 Å². The summed E-state index contributed by atoms with van der Waals surface area (Å²) in [4.78, 5) is 2.46. The molecule has 3 heteroatoms. The van der Waals surface area contributed by atoms with Crippen LogP contribution in [0.4, 0.5) is 5.69 Å². The van der Waals surface area contributed by atoms with Gasteiger partial charge in [-0.2, -0.15) is 0 Å². The molecule has 0 aromatic heterocycles. The molecule has 1 aromatic carbocycles. The van der Waals surface area contributed by atoms with E-state index < -0.39 is 0 Å². The quantitative estimate of drug-likeness (QED) is 0.844. The van der Waals surface area contributed by atoms with Gasteiger partial charge in [-0.15, -0.1) is 0 Å². The van der Waals surface area contributed by atoms with E-state index in [1.165, 1.54) is 32.4 Å². The number of nitrogens with zero attached hydrogens (tertiary/aromatic N) is 1. The van der Waals surface area contributed by atoms with Crippen LogP contribution in [0.3, 0.4) is 0 Å². The lowest BCUT2D eigenvalue weighted by molar-refractivity contribution is 0.244. The summed E-state index contributed by atoms with van der Waals surface area (Å²) in [5, 5.41) is 3.44. The van der Waals surface area contributed by atoms with Crippen LogP contribution >= 0.6 is 0 Å². The summed E-state index contributed by atoms with van der Waals surface area (Å²) in [5.74, 6) is 0.906. The van der Waals surface area contributed by atoms with Gasteiger partial charge in [-0.3, -0.25) is 4.90 Å². The maximum atomic E-state index is 5.19. The van der Waals surface area contributed by atoms with Crippen LogP contribution in [-0.2, 0) is 0 Å². The summed E-state index contributed by atoms with van der Waals surface area (Å²) >= 11 is 0. The molecule has 1 aliphatic heterocycles. The van der Waals surface area contributed by atoms with Crippen LogP contribution in [0.1, 0.15) is 19.3 Å². The van der Waals surface area contributed by atoms with Gasteiger partial charge in [-0.25, -0.2) is 0 Å². The molecule has 1 heterocycles. The molecule has 1 N–H and O–H groups in total. The van der Waals surface area contributed by atoms with Crippen molar-refractivity contribution in [1.29, 1.82) is 0 Å². The smallest absolute Gasteiger partial charge is 0.120 e. The van der Waals surface area contributed by atoms with Crippen LogP contribution in [0.2, 0.25) is 0 Å². The van der Waals surface area contributed by atoms with Gasteiger partial charge in [0.15, 0.2) is 0 Å². The molecular formula is C13H20N2O. The number of ether oxygens (including phenoxy) is 1. The fourth-order valence-electron chi connectivity index (χ4n) is 2.05.